The maximum absolute atomic E-state index is 5.44. The van der Waals surface area contributed by atoms with Crippen LogP contribution in [0.25, 0.3) is 0 Å². The normalized spacial score (nSPS) is 22.4. The zero-order valence-electron chi connectivity index (χ0n) is 7.53. The predicted octanol–water partition coefficient (Wildman–Crippen LogP) is 1.57. The first-order chi connectivity index (χ1) is 6.38. The van der Waals surface area contributed by atoms with Crippen LogP contribution in [0.15, 0.2) is 10.6 Å². The van der Waals surface area contributed by atoms with Gasteiger partial charge in [-0.05, 0) is 18.6 Å². The molecule has 1 fully saturated rings. The first kappa shape index (κ1) is 9.09. The Kier molecular flexibility index (Phi) is 2.90. The monoisotopic (exact) mass is 198 g/mol. The van der Waals surface area contributed by atoms with Crippen molar-refractivity contribution < 1.29 is 4.52 Å². The third kappa shape index (κ3) is 2.25. The molecule has 1 aromatic rings. The van der Waals surface area contributed by atoms with E-state index in [4.69, 9.17) is 10.3 Å². The van der Waals surface area contributed by atoms with Crippen LogP contribution in [0.2, 0.25) is 0 Å². The number of nitrogens with two attached hydrogens (primary N) is 1. The van der Waals surface area contributed by atoms with Crippen LogP contribution >= 0.6 is 11.8 Å². The number of aromatic nitrogens is 1. The Balaban J connectivity index is 1.92. The molecule has 72 valence electrons. The van der Waals surface area contributed by atoms with Crippen molar-refractivity contribution in [3.05, 3.63) is 17.5 Å². The van der Waals surface area contributed by atoms with Gasteiger partial charge in [-0.25, -0.2) is 0 Å². The van der Waals surface area contributed by atoms with Crippen molar-refractivity contribution in [2.45, 2.75) is 31.1 Å². The standard InChI is InChI=1S/C9H14N2OS/c10-6-7-4-8(12-11-7)5-9-2-1-3-13-9/h4,9H,1-3,5-6,10H2. The van der Waals surface area contributed by atoms with Crippen molar-refractivity contribution in [3.8, 4) is 0 Å². The van der Waals surface area contributed by atoms with Gasteiger partial charge in [0.05, 0.1) is 5.69 Å². The molecule has 0 radical (unpaired) electrons. The molecule has 0 aliphatic carbocycles. The van der Waals surface area contributed by atoms with Gasteiger partial charge in [-0.2, -0.15) is 11.8 Å². The van der Waals surface area contributed by atoms with Crippen LogP contribution < -0.4 is 5.73 Å². The number of thioether (sulfide) groups is 1. The van der Waals surface area contributed by atoms with E-state index >= 15 is 0 Å². The quantitative estimate of drug-likeness (QED) is 0.801. The molecule has 3 nitrogen and oxygen atoms in total. The highest BCUT2D eigenvalue weighted by molar-refractivity contribution is 8.00. The summed E-state index contributed by atoms with van der Waals surface area (Å²) in [5, 5.41) is 4.60. The van der Waals surface area contributed by atoms with Gasteiger partial charge in [-0.3, -0.25) is 0 Å². The van der Waals surface area contributed by atoms with Crippen molar-refractivity contribution in [1.82, 2.24) is 5.16 Å². The van der Waals surface area contributed by atoms with Gasteiger partial charge in [0.25, 0.3) is 0 Å². The van der Waals surface area contributed by atoms with Gasteiger partial charge in [-0.15, -0.1) is 0 Å². The lowest BCUT2D eigenvalue weighted by Crippen LogP contribution is -2.00. The molecular formula is C9H14N2OS. The van der Waals surface area contributed by atoms with Crippen LogP contribution in [0.1, 0.15) is 24.3 Å². The van der Waals surface area contributed by atoms with E-state index in [0.717, 1.165) is 23.1 Å². The van der Waals surface area contributed by atoms with Crippen molar-refractivity contribution in [2.24, 2.45) is 5.73 Å². The van der Waals surface area contributed by atoms with Crippen LogP contribution in [-0.2, 0) is 13.0 Å². The molecule has 0 aromatic carbocycles. The van der Waals surface area contributed by atoms with E-state index < -0.39 is 0 Å². The van der Waals surface area contributed by atoms with E-state index in [1.54, 1.807) is 0 Å². The van der Waals surface area contributed by atoms with Gasteiger partial charge >= 0.3 is 0 Å². The summed E-state index contributed by atoms with van der Waals surface area (Å²) >= 11 is 2.04. The highest BCUT2D eigenvalue weighted by Gasteiger charge is 2.17. The van der Waals surface area contributed by atoms with Crippen molar-refractivity contribution in [1.29, 1.82) is 0 Å². The summed E-state index contributed by atoms with van der Waals surface area (Å²) in [6.07, 6.45) is 3.66. The van der Waals surface area contributed by atoms with E-state index in [2.05, 4.69) is 5.16 Å². The fourth-order valence-corrected chi connectivity index (χ4v) is 2.86. The van der Waals surface area contributed by atoms with Crippen LogP contribution in [0.3, 0.4) is 0 Å². The lowest BCUT2D eigenvalue weighted by atomic mass is 10.1. The molecule has 1 aliphatic heterocycles. The SMILES string of the molecule is NCc1cc(CC2CCCS2)on1. The average Bonchev–Trinajstić information content (AvgIpc) is 2.76. The molecule has 1 aliphatic rings. The van der Waals surface area contributed by atoms with Gasteiger partial charge in [0.2, 0.25) is 0 Å². The van der Waals surface area contributed by atoms with E-state index in [-0.39, 0.29) is 0 Å². The molecule has 0 bridgehead atoms. The lowest BCUT2D eigenvalue weighted by molar-refractivity contribution is 0.375. The van der Waals surface area contributed by atoms with Crippen molar-refractivity contribution >= 4 is 11.8 Å². The summed E-state index contributed by atoms with van der Waals surface area (Å²) in [4.78, 5) is 0. The van der Waals surface area contributed by atoms with E-state index in [1.807, 2.05) is 17.8 Å². The Morgan fingerprint density at radius 2 is 2.62 bits per heavy atom. The second kappa shape index (κ2) is 4.15. The number of hydrogen-bond donors (Lipinski definition) is 1. The second-order valence-corrected chi connectivity index (χ2v) is 4.74. The largest absolute Gasteiger partial charge is 0.361 e. The molecule has 2 rings (SSSR count). The zero-order chi connectivity index (χ0) is 9.10. The lowest BCUT2D eigenvalue weighted by Gasteiger charge is -2.02. The Morgan fingerprint density at radius 1 is 1.69 bits per heavy atom. The number of nitrogens with zero attached hydrogens (tertiary/aromatic N) is 1. The highest BCUT2D eigenvalue weighted by Crippen LogP contribution is 2.28. The summed E-state index contributed by atoms with van der Waals surface area (Å²) in [6, 6.07) is 1.97. The Bertz CT molecular complexity index is 268. The topological polar surface area (TPSA) is 52.0 Å². The first-order valence-corrected chi connectivity index (χ1v) is 5.69. The fourth-order valence-electron chi connectivity index (χ4n) is 1.58. The Labute approximate surface area is 82.0 Å². The second-order valence-electron chi connectivity index (χ2n) is 3.33. The van der Waals surface area contributed by atoms with Crippen molar-refractivity contribution in [2.75, 3.05) is 5.75 Å². The summed E-state index contributed by atoms with van der Waals surface area (Å²) in [7, 11) is 0. The van der Waals surface area contributed by atoms with Crippen LogP contribution in [0.5, 0.6) is 0 Å². The molecule has 1 aromatic heterocycles. The Morgan fingerprint density at radius 3 is 3.23 bits per heavy atom. The van der Waals surface area contributed by atoms with E-state index in [0.29, 0.717) is 6.54 Å². The van der Waals surface area contributed by atoms with E-state index in [1.165, 1.54) is 18.6 Å². The maximum Gasteiger partial charge on any atom is 0.138 e. The third-order valence-corrected chi connectivity index (χ3v) is 3.67. The molecular weight excluding hydrogens is 184 g/mol. The molecule has 13 heavy (non-hydrogen) atoms. The minimum atomic E-state index is 0.474. The predicted molar refractivity (Wildman–Crippen MR) is 53.6 cm³/mol. The number of rotatable bonds is 3. The van der Waals surface area contributed by atoms with Crippen molar-refractivity contribution in [3.63, 3.8) is 0 Å². The molecule has 1 atom stereocenters. The first-order valence-electron chi connectivity index (χ1n) is 4.64. The molecule has 2 heterocycles. The van der Waals surface area contributed by atoms with E-state index in [9.17, 15) is 0 Å². The molecule has 4 heteroatoms. The van der Waals surface area contributed by atoms with Gasteiger partial charge < -0.3 is 10.3 Å². The average molecular weight is 198 g/mol. The zero-order valence-corrected chi connectivity index (χ0v) is 8.35. The summed E-state index contributed by atoms with van der Waals surface area (Å²) in [5.41, 5.74) is 6.30. The summed E-state index contributed by atoms with van der Waals surface area (Å²) in [5.74, 6) is 2.28. The highest BCUT2D eigenvalue weighted by atomic mass is 32.2. The molecule has 1 saturated heterocycles. The van der Waals surface area contributed by atoms with Gasteiger partial charge in [-0.1, -0.05) is 5.16 Å². The fraction of sp³-hybridized carbons (Fsp3) is 0.667. The molecule has 1 unspecified atom stereocenters. The molecule has 0 saturated carbocycles. The molecule has 0 spiro atoms. The minimum absolute atomic E-state index is 0.474. The molecule has 2 N–H and O–H groups in total. The van der Waals surface area contributed by atoms with Crippen LogP contribution in [-0.4, -0.2) is 16.2 Å². The minimum Gasteiger partial charge on any atom is -0.361 e. The van der Waals surface area contributed by atoms with Crippen LogP contribution in [0.4, 0.5) is 0 Å². The van der Waals surface area contributed by atoms with Crippen LogP contribution in [0, 0.1) is 0 Å². The smallest absolute Gasteiger partial charge is 0.138 e. The van der Waals surface area contributed by atoms with Gasteiger partial charge in [0.15, 0.2) is 0 Å². The number of hydrogen-bond acceptors (Lipinski definition) is 4. The summed E-state index contributed by atoms with van der Waals surface area (Å²) in [6.45, 7) is 0.474. The van der Waals surface area contributed by atoms with Gasteiger partial charge in [0.1, 0.15) is 5.76 Å². The molecule has 0 amide bonds. The van der Waals surface area contributed by atoms with Gasteiger partial charge in [0, 0.05) is 24.3 Å². The Hall–Kier alpha value is -0.480. The third-order valence-electron chi connectivity index (χ3n) is 2.27. The summed E-state index contributed by atoms with van der Waals surface area (Å²) < 4.78 is 5.17. The maximum atomic E-state index is 5.44.